The summed E-state index contributed by atoms with van der Waals surface area (Å²) in [7, 11) is 0. The smallest absolute Gasteiger partial charge is 0.0740 e. The van der Waals surface area contributed by atoms with Gasteiger partial charge >= 0.3 is 0 Å². The highest BCUT2D eigenvalue weighted by Crippen LogP contribution is 2.07. The van der Waals surface area contributed by atoms with E-state index in [1.807, 2.05) is 0 Å². The molecule has 0 heterocycles. The maximum absolute atomic E-state index is 5.56. The monoisotopic (exact) mass is 244 g/mol. The largest absolute Gasteiger partial charge is 0.393 e. The van der Waals surface area contributed by atoms with Crippen LogP contribution < -0.4 is 5.73 Å². The van der Waals surface area contributed by atoms with Crippen molar-refractivity contribution in [3.05, 3.63) is 0 Å². The number of nitrogens with two attached hydrogens (primary N) is 1. The molecule has 0 saturated heterocycles. The first-order valence-corrected chi connectivity index (χ1v) is 6.83. The Kier molecular flexibility index (Phi) is 8.86. The second-order valence-corrected chi connectivity index (χ2v) is 5.95. The summed E-state index contributed by atoms with van der Waals surface area (Å²) < 4.78 is 0. The SMILES string of the molecule is CC(C)CCN(CCC(N)=S)CCC(C)C. The van der Waals surface area contributed by atoms with Crippen molar-refractivity contribution in [2.24, 2.45) is 17.6 Å². The van der Waals surface area contributed by atoms with Gasteiger partial charge in [-0.05, 0) is 37.8 Å². The second-order valence-electron chi connectivity index (χ2n) is 5.42. The lowest BCUT2D eigenvalue weighted by Crippen LogP contribution is -2.31. The fourth-order valence-corrected chi connectivity index (χ4v) is 1.58. The number of nitrogens with zero attached hydrogens (tertiary/aromatic N) is 1. The van der Waals surface area contributed by atoms with Crippen LogP contribution in [0.25, 0.3) is 0 Å². The molecular weight excluding hydrogens is 216 g/mol. The molecule has 0 aliphatic rings. The fourth-order valence-electron chi connectivity index (χ4n) is 1.49. The predicted molar refractivity (Wildman–Crippen MR) is 76.8 cm³/mol. The van der Waals surface area contributed by atoms with Crippen molar-refractivity contribution in [2.75, 3.05) is 19.6 Å². The number of rotatable bonds is 9. The van der Waals surface area contributed by atoms with Crippen LogP contribution in [0.5, 0.6) is 0 Å². The second kappa shape index (κ2) is 8.94. The van der Waals surface area contributed by atoms with Crippen LogP contribution in [0.2, 0.25) is 0 Å². The van der Waals surface area contributed by atoms with E-state index in [9.17, 15) is 0 Å². The van der Waals surface area contributed by atoms with Gasteiger partial charge in [-0.2, -0.15) is 0 Å². The van der Waals surface area contributed by atoms with E-state index in [2.05, 4.69) is 32.6 Å². The Morgan fingerprint density at radius 3 is 1.75 bits per heavy atom. The van der Waals surface area contributed by atoms with Crippen molar-refractivity contribution in [3.63, 3.8) is 0 Å². The Bertz CT molecular complexity index is 178. The lowest BCUT2D eigenvalue weighted by atomic mass is 10.1. The van der Waals surface area contributed by atoms with Gasteiger partial charge in [0.2, 0.25) is 0 Å². The topological polar surface area (TPSA) is 29.3 Å². The van der Waals surface area contributed by atoms with E-state index in [1.165, 1.54) is 25.9 Å². The summed E-state index contributed by atoms with van der Waals surface area (Å²) >= 11 is 4.94. The van der Waals surface area contributed by atoms with E-state index < -0.39 is 0 Å². The highest BCUT2D eigenvalue weighted by Gasteiger charge is 2.07. The fraction of sp³-hybridized carbons (Fsp3) is 0.923. The first-order valence-electron chi connectivity index (χ1n) is 6.42. The molecule has 0 aliphatic carbocycles. The van der Waals surface area contributed by atoms with Crippen molar-refractivity contribution in [2.45, 2.75) is 47.0 Å². The van der Waals surface area contributed by atoms with Gasteiger partial charge < -0.3 is 10.6 Å². The van der Waals surface area contributed by atoms with Gasteiger partial charge in [0.15, 0.2) is 0 Å². The van der Waals surface area contributed by atoms with Crippen LogP contribution in [0.15, 0.2) is 0 Å². The van der Waals surface area contributed by atoms with Crippen LogP contribution in [-0.2, 0) is 0 Å². The third-order valence-corrected chi connectivity index (χ3v) is 2.92. The molecule has 0 amide bonds. The highest BCUT2D eigenvalue weighted by atomic mass is 32.1. The predicted octanol–water partition coefficient (Wildman–Crippen LogP) is 3.06. The molecule has 2 N–H and O–H groups in total. The molecule has 0 aromatic heterocycles. The molecule has 0 aromatic carbocycles. The maximum atomic E-state index is 5.56. The van der Waals surface area contributed by atoms with E-state index in [1.54, 1.807) is 0 Å². The van der Waals surface area contributed by atoms with Crippen molar-refractivity contribution in [1.82, 2.24) is 4.90 Å². The highest BCUT2D eigenvalue weighted by molar-refractivity contribution is 7.80. The van der Waals surface area contributed by atoms with Gasteiger partial charge in [0.05, 0.1) is 4.99 Å². The minimum absolute atomic E-state index is 0.638. The number of thiocarbonyl (C=S) groups is 1. The average molecular weight is 244 g/mol. The van der Waals surface area contributed by atoms with Crippen LogP contribution in [-0.4, -0.2) is 29.5 Å². The van der Waals surface area contributed by atoms with Crippen LogP contribution in [0.3, 0.4) is 0 Å². The average Bonchev–Trinajstić information content (AvgIpc) is 2.15. The van der Waals surface area contributed by atoms with Gasteiger partial charge in [0, 0.05) is 13.0 Å². The quantitative estimate of drug-likeness (QED) is 0.632. The van der Waals surface area contributed by atoms with E-state index in [0.717, 1.165) is 24.8 Å². The minimum atomic E-state index is 0.638. The van der Waals surface area contributed by atoms with Gasteiger partial charge in [0.1, 0.15) is 0 Å². The zero-order valence-corrected chi connectivity index (χ0v) is 12.1. The first-order chi connectivity index (χ1) is 7.41. The third kappa shape index (κ3) is 10.4. The molecule has 0 aliphatic heterocycles. The Morgan fingerprint density at radius 2 is 1.44 bits per heavy atom. The van der Waals surface area contributed by atoms with Gasteiger partial charge in [-0.3, -0.25) is 0 Å². The Hall–Kier alpha value is -0.150. The molecule has 2 nitrogen and oxygen atoms in total. The van der Waals surface area contributed by atoms with Crippen molar-refractivity contribution >= 4 is 17.2 Å². The van der Waals surface area contributed by atoms with Gasteiger partial charge in [-0.15, -0.1) is 0 Å². The summed E-state index contributed by atoms with van der Waals surface area (Å²) in [5, 5.41) is 0. The molecule has 3 heteroatoms. The Morgan fingerprint density at radius 1 is 1.00 bits per heavy atom. The molecule has 0 fully saturated rings. The molecular formula is C13H28N2S. The summed E-state index contributed by atoms with van der Waals surface area (Å²) in [5.41, 5.74) is 5.56. The standard InChI is InChI=1S/C13H28N2S/c1-11(2)5-8-15(9-6-12(3)4)10-7-13(14)16/h11-12H,5-10H2,1-4H3,(H2,14,16). The summed E-state index contributed by atoms with van der Waals surface area (Å²) in [6.45, 7) is 12.5. The van der Waals surface area contributed by atoms with Crippen LogP contribution in [0, 0.1) is 11.8 Å². The van der Waals surface area contributed by atoms with Gasteiger partial charge in [-0.25, -0.2) is 0 Å². The third-order valence-electron chi connectivity index (χ3n) is 2.72. The summed E-state index contributed by atoms with van der Waals surface area (Å²) in [6, 6.07) is 0. The Balaban J connectivity index is 3.89. The van der Waals surface area contributed by atoms with Gasteiger partial charge in [0.25, 0.3) is 0 Å². The van der Waals surface area contributed by atoms with Crippen molar-refractivity contribution in [1.29, 1.82) is 0 Å². The maximum Gasteiger partial charge on any atom is 0.0740 e. The molecule has 0 atom stereocenters. The minimum Gasteiger partial charge on any atom is -0.393 e. The molecule has 0 radical (unpaired) electrons. The summed E-state index contributed by atoms with van der Waals surface area (Å²) in [4.78, 5) is 3.14. The molecule has 0 rings (SSSR count). The van der Waals surface area contributed by atoms with E-state index in [4.69, 9.17) is 18.0 Å². The van der Waals surface area contributed by atoms with Crippen molar-refractivity contribution in [3.8, 4) is 0 Å². The summed E-state index contributed by atoms with van der Waals surface area (Å²) in [6.07, 6.45) is 3.37. The van der Waals surface area contributed by atoms with E-state index >= 15 is 0 Å². The molecule has 0 aromatic rings. The molecule has 0 unspecified atom stereocenters. The van der Waals surface area contributed by atoms with Gasteiger partial charge in [-0.1, -0.05) is 39.9 Å². The van der Waals surface area contributed by atoms with E-state index in [-0.39, 0.29) is 0 Å². The molecule has 0 saturated carbocycles. The lowest BCUT2D eigenvalue weighted by Gasteiger charge is -2.23. The van der Waals surface area contributed by atoms with Crippen LogP contribution in [0.4, 0.5) is 0 Å². The summed E-state index contributed by atoms with van der Waals surface area (Å²) in [5.74, 6) is 1.54. The van der Waals surface area contributed by atoms with Crippen LogP contribution in [0.1, 0.15) is 47.0 Å². The zero-order valence-electron chi connectivity index (χ0n) is 11.3. The zero-order chi connectivity index (χ0) is 12.6. The normalized spacial score (nSPS) is 11.7. The number of hydrogen-bond acceptors (Lipinski definition) is 2. The molecule has 16 heavy (non-hydrogen) atoms. The van der Waals surface area contributed by atoms with Crippen molar-refractivity contribution < 1.29 is 0 Å². The molecule has 96 valence electrons. The number of hydrogen-bond donors (Lipinski definition) is 1. The lowest BCUT2D eigenvalue weighted by molar-refractivity contribution is 0.250. The first kappa shape index (κ1) is 15.9. The molecule has 0 bridgehead atoms. The molecule has 0 spiro atoms. The Labute approximate surface area is 107 Å². The van der Waals surface area contributed by atoms with E-state index in [0.29, 0.717) is 4.99 Å². The van der Waals surface area contributed by atoms with Crippen LogP contribution >= 0.6 is 12.2 Å².